The van der Waals surface area contributed by atoms with E-state index in [0.29, 0.717) is 0 Å². The lowest BCUT2D eigenvalue weighted by Gasteiger charge is -2.49. The molecule has 4 heteroatoms. The summed E-state index contributed by atoms with van der Waals surface area (Å²) >= 11 is 0. The second kappa shape index (κ2) is 3.87. The molecule has 0 radical (unpaired) electrons. The molecular formula is C10H20N2O2. The van der Waals surface area contributed by atoms with Gasteiger partial charge in [0, 0.05) is 19.1 Å². The van der Waals surface area contributed by atoms with Gasteiger partial charge in [0.15, 0.2) is 0 Å². The number of hydrogen-bond acceptors (Lipinski definition) is 3. The third-order valence-electron chi connectivity index (χ3n) is 2.95. The van der Waals surface area contributed by atoms with Crippen molar-refractivity contribution in [1.82, 2.24) is 9.80 Å². The molecule has 4 nitrogen and oxygen atoms in total. The molecule has 1 aliphatic heterocycles. The Morgan fingerprint density at radius 1 is 1.57 bits per heavy atom. The van der Waals surface area contributed by atoms with Crippen molar-refractivity contribution in [3.63, 3.8) is 0 Å². The molecule has 0 aromatic heterocycles. The van der Waals surface area contributed by atoms with E-state index in [-0.39, 0.29) is 24.1 Å². The van der Waals surface area contributed by atoms with E-state index < -0.39 is 0 Å². The molecule has 1 rings (SSSR count). The SMILES string of the molecule is CCN1C(CO)C(=O)N(C)CC1(C)C. The van der Waals surface area contributed by atoms with Gasteiger partial charge in [-0.1, -0.05) is 6.92 Å². The minimum Gasteiger partial charge on any atom is -0.394 e. The molecule has 0 saturated carbocycles. The van der Waals surface area contributed by atoms with Crippen LogP contribution in [0.5, 0.6) is 0 Å². The first-order chi connectivity index (χ1) is 6.44. The predicted octanol–water partition coefficient (Wildman–Crippen LogP) is -0.0802. The Hall–Kier alpha value is -0.610. The third kappa shape index (κ3) is 1.77. The van der Waals surface area contributed by atoms with Crippen LogP contribution in [0.3, 0.4) is 0 Å². The van der Waals surface area contributed by atoms with E-state index in [2.05, 4.69) is 18.7 Å². The second-order valence-corrected chi connectivity index (χ2v) is 4.49. The van der Waals surface area contributed by atoms with Gasteiger partial charge in [-0.05, 0) is 20.4 Å². The minimum absolute atomic E-state index is 0.0219. The highest BCUT2D eigenvalue weighted by atomic mass is 16.3. The highest BCUT2D eigenvalue weighted by Crippen LogP contribution is 2.24. The molecule has 1 heterocycles. The summed E-state index contributed by atoms with van der Waals surface area (Å²) in [6.07, 6.45) is 0. The van der Waals surface area contributed by atoms with Crippen LogP contribution in [0.15, 0.2) is 0 Å². The van der Waals surface area contributed by atoms with Crippen molar-refractivity contribution in [3.05, 3.63) is 0 Å². The average molecular weight is 200 g/mol. The summed E-state index contributed by atoms with van der Waals surface area (Å²) in [6.45, 7) is 7.63. The maximum absolute atomic E-state index is 11.7. The van der Waals surface area contributed by atoms with Crippen LogP contribution in [0, 0.1) is 0 Å². The Bertz CT molecular complexity index is 228. The molecule has 0 aromatic carbocycles. The fourth-order valence-corrected chi connectivity index (χ4v) is 2.38. The first kappa shape index (κ1) is 11.5. The van der Waals surface area contributed by atoms with Crippen molar-refractivity contribution < 1.29 is 9.90 Å². The van der Waals surface area contributed by atoms with E-state index in [1.165, 1.54) is 0 Å². The van der Waals surface area contributed by atoms with Crippen molar-refractivity contribution in [2.45, 2.75) is 32.4 Å². The molecule has 0 spiro atoms. The number of rotatable bonds is 2. The van der Waals surface area contributed by atoms with Crippen molar-refractivity contribution in [3.8, 4) is 0 Å². The molecule has 0 aromatic rings. The maximum atomic E-state index is 11.7. The van der Waals surface area contributed by atoms with Gasteiger partial charge in [-0.3, -0.25) is 9.69 Å². The van der Waals surface area contributed by atoms with Crippen LogP contribution in [0.25, 0.3) is 0 Å². The standard InChI is InChI=1S/C10H20N2O2/c1-5-12-8(6-13)9(14)11(4)7-10(12,2)3/h8,13H,5-7H2,1-4H3. The summed E-state index contributed by atoms with van der Waals surface area (Å²) in [4.78, 5) is 15.5. The zero-order chi connectivity index (χ0) is 10.9. The molecule has 0 bridgehead atoms. The molecule has 1 aliphatic rings. The van der Waals surface area contributed by atoms with Gasteiger partial charge in [-0.15, -0.1) is 0 Å². The Morgan fingerprint density at radius 3 is 2.57 bits per heavy atom. The molecule has 0 aliphatic carbocycles. The Labute approximate surface area is 85.5 Å². The number of carbonyl (C=O) groups is 1. The second-order valence-electron chi connectivity index (χ2n) is 4.49. The van der Waals surface area contributed by atoms with E-state index in [9.17, 15) is 9.90 Å². The van der Waals surface area contributed by atoms with E-state index in [0.717, 1.165) is 13.1 Å². The van der Waals surface area contributed by atoms with E-state index in [1.54, 1.807) is 11.9 Å². The lowest BCUT2D eigenvalue weighted by atomic mass is 9.95. The number of piperazine rings is 1. The monoisotopic (exact) mass is 200 g/mol. The van der Waals surface area contributed by atoms with Gasteiger partial charge >= 0.3 is 0 Å². The van der Waals surface area contributed by atoms with Gasteiger partial charge < -0.3 is 10.0 Å². The molecule has 1 N–H and O–H groups in total. The van der Waals surface area contributed by atoms with Gasteiger partial charge in [-0.2, -0.15) is 0 Å². The Balaban J connectivity index is 2.93. The number of amides is 1. The van der Waals surface area contributed by atoms with Crippen molar-refractivity contribution in [2.75, 3.05) is 26.7 Å². The van der Waals surface area contributed by atoms with Crippen LogP contribution < -0.4 is 0 Å². The highest BCUT2D eigenvalue weighted by molar-refractivity contribution is 5.83. The summed E-state index contributed by atoms with van der Waals surface area (Å²) in [5.41, 5.74) is -0.0508. The zero-order valence-corrected chi connectivity index (χ0v) is 9.45. The quantitative estimate of drug-likeness (QED) is 0.678. The molecule has 1 fully saturated rings. The third-order valence-corrected chi connectivity index (χ3v) is 2.95. The van der Waals surface area contributed by atoms with Crippen molar-refractivity contribution in [2.24, 2.45) is 0 Å². The smallest absolute Gasteiger partial charge is 0.242 e. The number of nitrogens with zero attached hydrogens (tertiary/aromatic N) is 2. The van der Waals surface area contributed by atoms with Gasteiger partial charge in [-0.25, -0.2) is 0 Å². The number of aliphatic hydroxyl groups excluding tert-OH is 1. The Morgan fingerprint density at radius 2 is 2.14 bits per heavy atom. The molecule has 82 valence electrons. The minimum atomic E-state index is -0.367. The summed E-state index contributed by atoms with van der Waals surface area (Å²) in [6, 6.07) is -0.367. The fraction of sp³-hybridized carbons (Fsp3) is 0.900. The first-order valence-corrected chi connectivity index (χ1v) is 5.06. The number of likely N-dealkylation sites (N-methyl/N-ethyl adjacent to an activating group) is 2. The van der Waals surface area contributed by atoms with Crippen molar-refractivity contribution in [1.29, 1.82) is 0 Å². The van der Waals surface area contributed by atoms with Gasteiger partial charge in [0.2, 0.25) is 5.91 Å². The highest BCUT2D eigenvalue weighted by Gasteiger charge is 2.42. The predicted molar refractivity (Wildman–Crippen MR) is 55.0 cm³/mol. The van der Waals surface area contributed by atoms with Gasteiger partial charge in [0.1, 0.15) is 6.04 Å². The molecule has 14 heavy (non-hydrogen) atoms. The van der Waals surface area contributed by atoms with Gasteiger partial charge in [0.05, 0.1) is 6.61 Å². The molecule has 1 saturated heterocycles. The average Bonchev–Trinajstić information content (AvgIpc) is 2.09. The molecule has 1 unspecified atom stereocenters. The van der Waals surface area contributed by atoms with Crippen LogP contribution in [0.4, 0.5) is 0 Å². The van der Waals surface area contributed by atoms with Crippen LogP contribution in [-0.2, 0) is 4.79 Å². The van der Waals surface area contributed by atoms with Gasteiger partial charge in [0.25, 0.3) is 0 Å². The lowest BCUT2D eigenvalue weighted by Crippen LogP contribution is -2.66. The molecule has 1 atom stereocenters. The summed E-state index contributed by atoms with van der Waals surface area (Å²) < 4.78 is 0. The maximum Gasteiger partial charge on any atom is 0.242 e. The van der Waals surface area contributed by atoms with Crippen molar-refractivity contribution >= 4 is 5.91 Å². The molecule has 1 amide bonds. The van der Waals surface area contributed by atoms with Crippen LogP contribution in [0.2, 0.25) is 0 Å². The van der Waals surface area contributed by atoms with Crippen LogP contribution >= 0.6 is 0 Å². The zero-order valence-electron chi connectivity index (χ0n) is 9.45. The number of aliphatic hydroxyl groups is 1. The van der Waals surface area contributed by atoms with Crippen LogP contribution in [0.1, 0.15) is 20.8 Å². The van der Waals surface area contributed by atoms with E-state index in [1.807, 2.05) is 6.92 Å². The molecular weight excluding hydrogens is 180 g/mol. The first-order valence-electron chi connectivity index (χ1n) is 5.06. The lowest BCUT2D eigenvalue weighted by molar-refractivity contribution is -0.150. The fourth-order valence-electron chi connectivity index (χ4n) is 2.38. The van der Waals surface area contributed by atoms with E-state index >= 15 is 0 Å². The van der Waals surface area contributed by atoms with Crippen LogP contribution in [-0.4, -0.2) is 59.1 Å². The Kier molecular flexibility index (Phi) is 3.17. The van der Waals surface area contributed by atoms with E-state index in [4.69, 9.17) is 0 Å². The normalized spacial score (nSPS) is 28.2. The summed E-state index contributed by atoms with van der Waals surface area (Å²) in [5, 5.41) is 9.22. The number of carbonyl (C=O) groups excluding carboxylic acids is 1. The number of hydrogen-bond donors (Lipinski definition) is 1. The largest absolute Gasteiger partial charge is 0.394 e. The summed E-state index contributed by atoms with van der Waals surface area (Å²) in [7, 11) is 1.79. The summed E-state index contributed by atoms with van der Waals surface area (Å²) in [5.74, 6) is 0.0219. The topological polar surface area (TPSA) is 43.8 Å².